The van der Waals surface area contributed by atoms with Crippen molar-refractivity contribution in [1.29, 1.82) is 0 Å². The van der Waals surface area contributed by atoms with Crippen LogP contribution in [0.1, 0.15) is 38.5 Å². The van der Waals surface area contributed by atoms with Crippen molar-refractivity contribution in [3.8, 4) is 0 Å². The molecule has 4 aliphatic carbocycles. The molecule has 0 aromatic heterocycles. The molecule has 0 aliphatic heterocycles. The Kier molecular flexibility index (Phi) is 4.18. The van der Waals surface area contributed by atoms with Gasteiger partial charge in [0.15, 0.2) is 0 Å². The number of methoxy groups -OCH3 is 1. The van der Waals surface area contributed by atoms with Gasteiger partial charge in [-0.05, 0) is 68.4 Å². The number of nitrogens with one attached hydrogen (secondary N) is 2. The van der Waals surface area contributed by atoms with Crippen LogP contribution < -0.4 is 10.6 Å². The van der Waals surface area contributed by atoms with Crippen LogP contribution in [0.2, 0.25) is 0 Å². The number of carbonyl (C=O) groups excluding carboxylic acids is 2. The average Bonchev–Trinajstić information content (AvgIpc) is 2.58. The van der Waals surface area contributed by atoms with Crippen molar-refractivity contribution in [2.75, 3.05) is 12.4 Å². The normalized spacial score (nSPS) is 33.6. The second-order valence-corrected chi connectivity index (χ2v) is 8.20. The highest BCUT2D eigenvalue weighted by atomic mass is 16.5. The molecule has 4 aliphatic rings. The van der Waals surface area contributed by atoms with Gasteiger partial charge in [0, 0.05) is 11.1 Å². The molecule has 4 saturated carbocycles. The van der Waals surface area contributed by atoms with Crippen LogP contribution in [0, 0.1) is 23.2 Å². The van der Waals surface area contributed by atoms with Gasteiger partial charge in [-0.1, -0.05) is 18.2 Å². The summed E-state index contributed by atoms with van der Waals surface area (Å²) in [4.78, 5) is 25.1. The molecule has 0 radical (unpaired) electrons. The number of carbonyl (C=O) groups is 2. The molecule has 134 valence electrons. The van der Waals surface area contributed by atoms with Crippen molar-refractivity contribution in [3.63, 3.8) is 0 Å². The largest absolute Gasteiger partial charge is 0.467 e. The van der Waals surface area contributed by atoms with Gasteiger partial charge in [0.25, 0.3) is 0 Å². The van der Waals surface area contributed by atoms with E-state index >= 15 is 0 Å². The summed E-state index contributed by atoms with van der Waals surface area (Å²) < 4.78 is 5.07. The van der Waals surface area contributed by atoms with Crippen LogP contribution in [0.4, 0.5) is 10.5 Å². The third-order valence-electron chi connectivity index (χ3n) is 6.44. The Morgan fingerprint density at radius 2 is 1.60 bits per heavy atom. The Labute approximate surface area is 148 Å². The van der Waals surface area contributed by atoms with E-state index in [1.54, 1.807) is 0 Å². The van der Waals surface area contributed by atoms with E-state index in [-0.39, 0.29) is 17.4 Å². The van der Waals surface area contributed by atoms with E-state index in [9.17, 15) is 9.59 Å². The lowest BCUT2D eigenvalue weighted by Gasteiger charge is -2.58. The fraction of sp³-hybridized carbons (Fsp3) is 0.600. The number of hydrogen-bond acceptors (Lipinski definition) is 3. The molecule has 1 aromatic rings. The van der Waals surface area contributed by atoms with Gasteiger partial charge in [0.05, 0.1) is 7.11 Å². The van der Waals surface area contributed by atoms with Gasteiger partial charge in [0.2, 0.25) is 0 Å². The minimum Gasteiger partial charge on any atom is -0.467 e. The minimum atomic E-state index is -0.561. The van der Waals surface area contributed by atoms with Crippen LogP contribution in [0.5, 0.6) is 0 Å². The fourth-order valence-corrected chi connectivity index (χ4v) is 5.93. The number of rotatable bonds is 4. The summed E-state index contributed by atoms with van der Waals surface area (Å²) in [5, 5.41) is 5.77. The predicted molar refractivity (Wildman–Crippen MR) is 95.0 cm³/mol. The minimum absolute atomic E-state index is 0.129. The maximum atomic E-state index is 12.6. The highest BCUT2D eigenvalue weighted by Gasteiger charge is 2.56. The molecular weight excluding hydrogens is 316 g/mol. The number of para-hydroxylation sites is 1. The van der Waals surface area contributed by atoms with Crippen molar-refractivity contribution in [2.24, 2.45) is 23.2 Å². The number of esters is 1. The Balaban J connectivity index is 1.52. The lowest BCUT2D eigenvalue weighted by molar-refractivity contribution is -0.154. The first-order chi connectivity index (χ1) is 12.1. The molecule has 5 nitrogen and oxygen atoms in total. The van der Waals surface area contributed by atoms with E-state index in [4.69, 9.17) is 4.74 Å². The summed E-state index contributed by atoms with van der Waals surface area (Å²) in [5.74, 6) is 1.80. The van der Waals surface area contributed by atoms with Crippen LogP contribution in [-0.4, -0.2) is 25.2 Å². The lowest BCUT2D eigenvalue weighted by atomic mass is 9.47. The number of benzene rings is 1. The van der Waals surface area contributed by atoms with E-state index in [0.29, 0.717) is 23.4 Å². The molecule has 2 N–H and O–H groups in total. The molecule has 0 saturated heterocycles. The summed E-state index contributed by atoms with van der Waals surface area (Å²) in [6, 6.07) is 8.40. The van der Waals surface area contributed by atoms with Gasteiger partial charge in [-0.15, -0.1) is 0 Å². The standard InChI is InChI=1S/C20H26N2O3/c1-25-18(23)17(22-19(24)21-16-5-3-2-4-6-16)20-10-13-7-14(11-20)9-15(8-13)12-20/h2-6,13-15,17H,7-12H2,1H3,(H2,21,22,24)/t13?,14?,15?,17-,20?/m0/s1. The van der Waals surface area contributed by atoms with Crippen LogP contribution in [0.25, 0.3) is 0 Å². The summed E-state index contributed by atoms with van der Waals surface area (Å²) in [6.45, 7) is 0. The average molecular weight is 342 g/mol. The number of urea groups is 1. The molecule has 1 atom stereocenters. The molecule has 0 unspecified atom stereocenters. The Morgan fingerprint density at radius 1 is 1.04 bits per heavy atom. The van der Waals surface area contributed by atoms with Crippen LogP contribution >= 0.6 is 0 Å². The maximum Gasteiger partial charge on any atom is 0.329 e. The zero-order chi connectivity index (χ0) is 17.4. The molecule has 4 bridgehead atoms. The first-order valence-electron chi connectivity index (χ1n) is 9.28. The van der Waals surface area contributed by atoms with Crippen molar-refractivity contribution in [2.45, 2.75) is 44.6 Å². The smallest absolute Gasteiger partial charge is 0.329 e. The molecule has 0 heterocycles. The van der Waals surface area contributed by atoms with E-state index < -0.39 is 6.04 Å². The van der Waals surface area contributed by atoms with Gasteiger partial charge >= 0.3 is 12.0 Å². The summed E-state index contributed by atoms with van der Waals surface area (Å²) in [5.41, 5.74) is 0.588. The van der Waals surface area contributed by atoms with E-state index in [2.05, 4.69) is 10.6 Å². The molecule has 25 heavy (non-hydrogen) atoms. The Hall–Kier alpha value is -2.04. The quantitative estimate of drug-likeness (QED) is 0.822. The third-order valence-corrected chi connectivity index (χ3v) is 6.44. The van der Waals surface area contributed by atoms with Gasteiger partial charge in [0.1, 0.15) is 6.04 Å². The van der Waals surface area contributed by atoms with Crippen molar-refractivity contribution >= 4 is 17.7 Å². The Morgan fingerprint density at radius 3 is 2.12 bits per heavy atom. The van der Waals surface area contributed by atoms with Gasteiger partial charge < -0.3 is 15.4 Å². The first-order valence-corrected chi connectivity index (χ1v) is 9.28. The van der Waals surface area contributed by atoms with Crippen LogP contribution in [0.15, 0.2) is 30.3 Å². The highest BCUT2D eigenvalue weighted by molar-refractivity contribution is 5.92. The topological polar surface area (TPSA) is 67.4 Å². The number of amides is 2. The van der Waals surface area contributed by atoms with Gasteiger partial charge in [-0.3, -0.25) is 0 Å². The zero-order valence-electron chi connectivity index (χ0n) is 14.7. The maximum absolute atomic E-state index is 12.6. The zero-order valence-corrected chi connectivity index (χ0v) is 14.7. The second kappa shape index (κ2) is 6.36. The summed E-state index contributed by atoms with van der Waals surface area (Å²) in [6.07, 6.45) is 6.98. The molecule has 5 heteroatoms. The van der Waals surface area contributed by atoms with Crippen molar-refractivity contribution < 1.29 is 14.3 Å². The molecule has 2 amide bonds. The number of hydrogen-bond donors (Lipinski definition) is 2. The van der Waals surface area contributed by atoms with Crippen molar-refractivity contribution in [3.05, 3.63) is 30.3 Å². The molecular formula is C20H26N2O3. The van der Waals surface area contributed by atoms with E-state index in [1.807, 2.05) is 30.3 Å². The number of anilines is 1. The van der Waals surface area contributed by atoms with Crippen LogP contribution in [0.3, 0.4) is 0 Å². The third kappa shape index (κ3) is 3.12. The Bertz CT molecular complexity index is 623. The predicted octanol–water partition coefficient (Wildman–Crippen LogP) is 3.57. The SMILES string of the molecule is COC(=O)[C@H](NC(=O)Nc1ccccc1)C12CC3CC(CC(C3)C1)C2. The van der Waals surface area contributed by atoms with E-state index in [0.717, 1.165) is 19.3 Å². The van der Waals surface area contributed by atoms with Crippen molar-refractivity contribution in [1.82, 2.24) is 5.32 Å². The first kappa shape index (κ1) is 16.4. The summed E-state index contributed by atoms with van der Waals surface area (Å²) >= 11 is 0. The summed E-state index contributed by atoms with van der Waals surface area (Å²) in [7, 11) is 1.41. The van der Waals surface area contributed by atoms with Gasteiger partial charge in [-0.25, -0.2) is 9.59 Å². The van der Waals surface area contributed by atoms with Gasteiger partial charge in [-0.2, -0.15) is 0 Å². The second-order valence-electron chi connectivity index (χ2n) is 8.20. The fourth-order valence-electron chi connectivity index (χ4n) is 5.93. The monoisotopic (exact) mass is 342 g/mol. The molecule has 0 spiro atoms. The number of ether oxygens (including phenoxy) is 1. The van der Waals surface area contributed by atoms with Crippen LogP contribution in [-0.2, 0) is 9.53 Å². The molecule has 1 aromatic carbocycles. The highest BCUT2D eigenvalue weighted by Crippen LogP contribution is 2.61. The van der Waals surface area contributed by atoms with E-state index in [1.165, 1.54) is 26.4 Å². The lowest BCUT2D eigenvalue weighted by Crippen LogP contribution is -2.60. The molecule has 4 fully saturated rings. The molecule has 5 rings (SSSR count).